The van der Waals surface area contributed by atoms with Crippen LogP contribution in [0.5, 0.6) is 11.5 Å². The summed E-state index contributed by atoms with van der Waals surface area (Å²) >= 11 is 0. The summed E-state index contributed by atoms with van der Waals surface area (Å²) in [6.07, 6.45) is 4.87. The number of rotatable bonds is 6. The summed E-state index contributed by atoms with van der Waals surface area (Å²) in [5.41, 5.74) is 6.37. The molecular formula is C14H21NO3. The maximum Gasteiger partial charge on any atom is 0.162 e. The van der Waals surface area contributed by atoms with E-state index in [1.165, 1.54) is 12.8 Å². The second-order valence-corrected chi connectivity index (χ2v) is 4.54. The molecule has 0 saturated carbocycles. The summed E-state index contributed by atoms with van der Waals surface area (Å²) in [4.78, 5) is 0. The van der Waals surface area contributed by atoms with E-state index in [1.54, 1.807) is 13.2 Å². The van der Waals surface area contributed by atoms with Crippen molar-refractivity contribution in [3.8, 4) is 11.5 Å². The molecule has 0 aromatic heterocycles. The number of benzene rings is 1. The van der Waals surface area contributed by atoms with Crippen molar-refractivity contribution in [3.63, 3.8) is 0 Å². The van der Waals surface area contributed by atoms with Crippen LogP contribution in [-0.4, -0.2) is 26.4 Å². The van der Waals surface area contributed by atoms with E-state index < -0.39 is 0 Å². The maximum atomic E-state index is 5.71. The molecular weight excluding hydrogens is 230 g/mol. The molecule has 1 fully saturated rings. The Balaban J connectivity index is 1.75. The van der Waals surface area contributed by atoms with Crippen molar-refractivity contribution in [2.45, 2.75) is 31.8 Å². The topological polar surface area (TPSA) is 53.7 Å². The van der Waals surface area contributed by atoms with Crippen molar-refractivity contribution in [1.82, 2.24) is 0 Å². The van der Waals surface area contributed by atoms with E-state index in [1.807, 2.05) is 12.1 Å². The van der Waals surface area contributed by atoms with E-state index in [-0.39, 0.29) is 0 Å². The number of ether oxygens (including phenoxy) is 3. The van der Waals surface area contributed by atoms with Crippen LogP contribution in [0.25, 0.3) is 0 Å². The maximum absolute atomic E-state index is 5.71. The van der Waals surface area contributed by atoms with E-state index >= 15 is 0 Å². The monoisotopic (exact) mass is 251 g/mol. The van der Waals surface area contributed by atoms with Gasteiger partial charge >= 0.3 is 0 Å². The normalized spacial score (nSPS) is 18.8. The Morgan fingerprint density at radius 1 is 1.39 bits per heavy atom. The Bertz CT molecular complexity index is 375. The zero-order valence-corrected chi connectivity index (χ0v) is 10.9. The van der Waals surface area contributed by atoms with Gasteiger partial charge in [0.1, 0.15) is 0 Å². The minimum Gasteiger partial charge on any atom is -0.493 e. The van der Waals surface area contributed by atoms with Gasteiger partial charge in [-0.05, 0) is 37.8 Å². The molecule has 0 spiro atoms. The summed E-state index contributed by atoms with van der Waals surface area (Å²) in [5, 5.41) is 0. The fourth-order valence-electron chi connectivity index (χ4n) is 2.17. The van der Waals surface area contributed by atoms with Crippen molar-refractivity contribution in [3.05, 3.63) is 18.2 Å². The van der Waals surface area contributed by atoms with Gasteiger partial charge in [-0.25, -0.2) is 0 Å². The average Bonchev–Trinajstić information content (AvgIpc) is 2.89. The second kappa shape index (κ2) is 6.50. The van der Waals surface area contributed by atoms with Crippen molar-refractivity contribution in [2.75, 3.05) is 26.1 Å². The zero-order valence-electron chi connectivity index (χ0n) is 10.9. The van der Waals surface area contributed by atoms with Crippen LogP contribution in [0.4, 0.5) is 5.69 Å². The molecule has 1 aromatic rings. The molecule has 0 bridgehead atoms. The van der Waals surface area contributed by atoms with Crippen LogP contribution in [0.2, 0.25) is 0 Å². The van der Waals surface area contributed by atoms with Crippen molar-refractivity contribution in [1.29, 1.82) is 0 Å². The fraction of sp³-hybridized carbons (Fsp3) is 0.571. The lowest BCUT2D eigenvalue weighted by molar-refractivity contribution is 0.0980. The van der Waals surface area contributed by atoms with Crippen LogP contribution in [0.15, 0.2) is 18.2 Å². The molecule has 4 heteroatoms. The molecule has 1 aliphatic heterocycles. The standard InChI is InChI=1S/C14H21NO3/c1-16-14-10-11(15)6-7-13(14)18-9-3-5-12-4-2-8-17-12/h6-7,10,12H,2-5,8-9,15H2,1H3. The number of methoxy groups -OCH3 is 1. The predicted molar refractivity (Wildman–Crippen MR) is 71.1 cm³/mol. The van der Waals surface area contributed by atoms with Gasteiger partial charge in [0.15, 0.2) is 11.5 Å². The lowest BCUT2D eigenvalue weighted by Crippen LogP contribution is -2.08. The lowest BCUT2D eigenvalue weighted by Gasteiger charge is -2.12. The first kappa shape index (κ1) is 13.0. The van der Waals surface area contributed by atoms with Gasteiger partial charge in [0.2, 0.25) is 0 Å². The van der Waals surface area contributed by atoms with E-state index in [2.05, 4.69) is 0 Å². The SMILES string of the molecule is COc1cc(N)ccc1OCCCC1CCCO1. The van der Waals surface area contributed by atoms with Gasteiger partial charge in [0.25, 0.3) is 0 Å². The molecule has 1 heterocycles. The zero-order chi connectivity index (χ0) is 12.8. The minimum absolute atomic E-state index is 0.432. The van der Waals surface area contributed by atoms with Gasteiger partial charge in [-0.3, -0.25) is 0 Å². The number of nitrogen functional groups attached to an aromatic ring is 1. The smallest absolute Gasteiger partial charge is 0.162 e. The molecule has 1 aromatic carbocycles. The van der Waals surface area contributed by atoms with Gasteiger partial charge in [-0.15, -0.1) is 0 Å². The van der Waals surface area contributed by atoms with E-state index in [4.69, 9.17) is 19.9 Å². The summed E-state index contributed by atoms with van der Waals surface area (Å²) in [6, 6.07) is 5.44. The number of hydrogen-bond acceptors (Lipinski definition) is 4. The van der Waals surface area contributed by atoms with Crippen LogP contribution in [-0.2, 0) is 4.74 Å². The highest BCUT2D eigenvalue weighted by Gasteiger charge is 2.14. The molecule has 18 heavy (non-hydrogen) atoms. The Morgan fingerprint density at radius 2 is 2.28 bits per heavy atom. The number of anilines is 1. The van der Waals surface area contributed by atoms with Gasteiger partial charge in [0.05, 0.1) is 19.8 Å². The molecule has 0 radical (unpaired) electrons. The van der Waals surface area contributed by atoms with Crippen LogP contribution in [0.3, 0.4) is 0 Å². The molecule has 100 valence electrons. The Kier molecular flexibility index (Phi) is 4.70. The third-order valence-corrected chi connectivity index (χ3v) is 3.14. The Labute approximate surface area is 108 Å². The third kappa shape index (κ3) is 3.53. The fourth-order valence-corrected chi connectivity index (χ4v) is 2.17. The lowest BCUT2D eigenvalue weighted by atomic mass is 10.1. The molecule has 4 nitrogen and oxygen atoms in total. The van der Waals surface area contributed by atoms with Gasteiger partial charge < -0.3 is 19.9 Å². The highest BCUT2D eigenvalue weighted by atomic mass is 16.5. The van der Waals surface area contributed by atoms with Gasteiger partial charge in [-0.2, -0.15) is 0 Å². The third-order valence-electron chi connectivity index (χ3n) is 3.14. The molecule has 1 unspecified atom stereocenters. The summed E-state index contributed by atoms with van der Waals surface area (Å²) < 4.78 is 16.5. The molecule has 0 aliphatic carbocycles. The van der Waals surface area contributed by atoms with E-state index in [9.17, 15) is 0 Å². The quantitative estimate of drug-likeness (QED) is 0.623. The van der Waals surface area contributed by atoms with E-state index in [0.717, 1.165) is 25.2 Å². The minimum atomic E-state index is 0.432. The Hall–Kier alpha value is -1.42. The highest BCUT2D eigenvalue weighted by Crippen LogP contribution is 2.29. The second-order valence-electron chi connectivity index (χ2n) is 4.54. The summed E-state index contributed by atoms with van der Waals surface area (Å²) in [6.45, 7) is 1.59. The molecule has 0 amide bonds. The largest absolute Gasteiger partial charge is 0.493 e. The van der Waals surface area contributed by atoms with Crippen molar-refractivity contribution in [2.24, 2.45) is 0 Å². The molecule has 1 atom stereocenters. The first-order chi connectivity index (χ1) is 8.79. The van der Waals surface area contributed by atoms with Crippen molar-refractivity contribution < 1.29 is 14.2 Å². The number of nitrogens with two attached hydrogens (primary N) is 1. The molecule has 2 N–H and O–H groups in total. The van der Waals surface area contributed by atoms with Crippen LogP contribution >= 0.6 is 0 Å². The molecule has 1 saturated heterocycles. The Morgan fingerprint density at radius 3 is 3.00 bits per heavy atom. The summed E-state index contributed by atoms with van der Waals surface area (Å²) in [7, 11) is 1.62. The first-order valence-electron chi connectivity index (χ1n) is 6.47. The predicted octanol–water partition coefficient (Wildman–Crippen LogP) is 2.62. The van der Waals surface area contributed by atoms with Crippen LogP contribution in [0.1, 0.15) is 25.7 Å². The van der Waals surface area contributed by atoms with Gasteiger partial charge in [-0.1, -0.05) is 0 Å². The highest BCUT2D eigenvalue weighted by molar-refractivity contribution is 5.51. The first-order valence-corrected chi connectivity index (χ1v) is 6.47. The van der Waals surface area contributed by atoms with E-state index in [0.29, 0.717) is 24.1 Å². The van der Waals surface area contributed by atoms with Crippen LogP contribution < -0.4 is 15.2 Å². The van der Waals surface area contributed by atoms with Crippen LogP contribution in [0, 0.1) is 0 Å². The molecule has 1 aliphatic rings. The van der Waals surface area contributed by atoms with Gasteiger partial charge in [0, 0.05) is 18.4 Å². The number of hydrogen-bond donors (Lipinski definition) is 1. The van der Waals surface area contributed by atoms with Crippen molar-refractivity contribution >= 4 is 5.69 Å². The molecule has 2 rings (SSSR count). The average molecular weight is 251 g/mol. The summed E-state index contributed by atoms with van der Waals surface area (Å²) in [5.74, 6) is 1.44.